The SMILES string of the molecule is O=C(CCn1cc([N+](=O)[O-])cn1)Nc1cnn(Cc2ccc(Br)cc2)c1. The van der Waals surface area contributed by atoms with Gasteiger partial charge in [-0.2, -0.15) is 10.2 Å². The number of halogens is 1. The molecule has 1 N–H and O–H groups in total. The predicted molar refractivity (Wildman–Crippen MR) is 97.6 cm³/mol. The monoisotopic (exact) mass is 418 g/mol. The van der Waals surface area contributed by atoms with E-state index in [1.807, 2.05) is 24.3 Å². The molecule has 0 saturated carbocycles. The number of nitrogens with one attached hydrogen (secondary N) is 1. The Bertz CT molecular complexity index is 918. The quantitative estimate of drug-likeness (QED) is 0.468. The average Bonchev–Trinajstić information content (AvgIpc) is 3.25. The zero-order valence-electron chi connectivity index (χ0n) is 13.6. The first-order chi connectivity index (χ1) is 12.5. The van der Waals surface area contributed by atoms with E-state index in [1.54, 1.807) is 17.1 Å². The number of nitrogens with zero attached hydrogens (tertiary/aromatic N) is 5. The molecule has 2 heterocycles. The minimum Gasteiger partial charge on any atom is -0.323 e. The number of aryl methyl sites for hydroxylation is 1. The van der Waals surface area contributed by atoms with Crippen molar-refractivity contribution in [2.45, 2.75) is 19.5 Å². The Labute approximate surface area is 156 Å². The van der Waals surface area contributed by atoms with Crippen molar-refractivity contribution in [2.24, 2.45) is 0 Å². The summed E-state index contributed by atoms with van der Waals surface area (Å²) < 4.78 is 4.11. The predicted octanol–water partition coefficient (Wildman–Crippen LogP) is 2.83. The molecule has 1 amide bonds. The van der Waals surface area contributed by atoms with Crippen LogP contribution >= 0.6 is 15.9 Å². The summed E-state index contributed by atoms with van der Waals surface area (Å²) in [7, 11) is 0. The molecule has 0 atom stereocenters. The van der Waals surface area contributed by atoms with Crippen molar-refractivity contribution in [1.29, 1.82) is 0 Å². The highest BCUT2D eigenvalue weighted by atomic mass is 79.9. The lowest BCUT2D eigenvalue weighted by molar-refractivity contribution is -0.385. The van der Waals surface area contributed by atoms with E-state index in [9.17, 15) is 14.9 Å². The summed E-state index contributed by atoms with van der Waals surface area (Å²) in [6.07, 6.45) is 5.93. The van der Waals surface area contributed by atoms with Gasteiger partial charge in [-0.05, 0) is 17.7 Å². The van der Waals surface area contributed by atoms with Crippen LogP contribution in [0.4, 0.5) is 11.4 Å². The number of carbonyl (C=O) groups is 1. The van der Waals surface area contributed by atoms with Gasteiger partial charge in [-0.1, -0.05) is 28.1 Å². The zero-order valence-corrected chi connectivity index (χ0v) is 15.2. The Hall–Kier alpha value is -3.01. The molecule has 0 aliphatic heterocycles. The first-order valence-corrected chi connectivity index (χ1v) is 8.52. The minimum absolute atomic E-state index is 0.0976. The van der Waals surface area contributed by atoms with E-state index in [4.69, 9.17) is 0 Å². The number of aromatic nitrogens is 4. The second-order valence-electron chi connectivity index (χ2n) is 5.57. The third-order valence-electron chi connectivity index (χ3n) is 3.57. The van der Waals surface area contributed by atoms with Gasteiger partial charge in [0.1, 0.15) is 12.4 Å². The Morgan fingerprint density at radius 3 is 2.58 bits per heavy atom. The molecule has 0 saturated heterocycles. The summed E-state index contributed by atoms with van der Waals surface area (Å²) in [5.74, 6) is -0.216. The molecule has 26 heavy (non-hydrogen) atoms. The summed E-state index contributed by atoms with van der Waals surface area (Å²) in [5.41, 5.74) is 1.59. The molecule has 0 unspecified atom stereocenters. The molecule has 0 aliphatic carbocycles. The smallest absolute Gasteiger partial charge is 0.306 e. The maximum Gasteiger partial charge on any atom is 0.306 e. The topological polar surface area (TPSA) is 108 Å². The van der Waals surface area contributed by atoms with Gasteiger partial charge in [0.05, 0.1) is 23.4 Å². The summed E-state index contributed by atoms with van der Waals surface area (Å²) in [6, 6.07) is 7.91. The third-order valence-corrected chi connectivity index (χ3v) is 4.10. The number of hydrogen-bond donors (Lipinski definition) is 1. The van der Waals surface area contributed by atoms with Crippen LogP contribution < -0.4 is 5.32 Å². The molecular formula is C16H15BrN6O3. The zero-order chi connectivity index (χ0) is 18.5. The largest absolute Gasteiger partial charge is 0.323 e. The second kappa shape index (κ2) is 7.91. The van der Waals surface area contributed by atoms with Crippen molar-refractivity contribution in [2.75, 3.05) is 5.32 Å². The van der Waals surface area contributed by atoms with Gasteiger partial charge in [0.15, 0.2) is 0 Å². The van der Waals surface area contributed by atoms with Gasteiger partial charge in [0.25, 0.3) is 0 Å². The maximum atomic E-state index is 12.0. The van der Waals surface area contributed by atoms with Gasteiger partial charge in [0.2, 0.25) is 5.91 Å². The van der Waals surface area contributed by atoms with Gasteiger partial charge in [-0.3, -0.25) is 24.3 Å². The van der Waals surface area contributed by atoms with Gasteiger partial charge in [-0.15, -0.1) is 0 Å². The molecule has 10 heteroatoms. The van der Waals surface area contributed by atoms with Crippen molar-refractivity contribution in [3.63, 3.8) is 0 Å². The molecule has 3 rings (SSSR count). The minimum atomic E-state index is -0.524. The van der Waals surface area contributed by atoms with E-state index in [2.05, 4.69) is 31.4 Å². The fourth-order valence-electron chi connectivity index (χ4n) is 2.30. The number of rotatable bonds is 7. The van der Waals surface area contributed by atoms with Crippen LogP contribution in [0.5, 0.6) is 0 Å². The van der Waals surface area contributed by atoms with Crippen LogP contribution in [0.25, 0.3) is 0 Å². The van der Waals surface area contributed by atoms with E-state index in [1.165, 1.54) is 10.9 Å². The molecule has 9 nitrogen and oxygen atoms in total. The van der Waals surface area contributed by atoms with Gasteiger partial charge < -0.3 is 5.32 Å². The molecular weight excluding hydrogens is 404 g/mol. The third kappa shape index (κ3) is 4.76. The second-order valence-corrected chi connectivity index (χ2v) is 6.49. The lowest BCUT2D eigenvalue weighted by Gasteiger charge is -2.03. The van der Waals surface area contributed by atoms with Crippen molar-refractivity contribution in [3.8, 4) is 0 Å². The van der Waals surface area contributed by atoms with E-state index >= 15 is 0 Å². The van der Waals surface area contributed by atoms with Crippen LogP contribution in [-0.2, 0) is 17.9 Å². The maximum absolute atomic E-state index is 12.0. The fraction of sp³-hybridized carbons (Fsp3) is 0.188. The summed E-state index contributed by atoms with van der Waals surface area (Å²) in [5, 5.41) is 21.4. The fourth-order valence-corrected chi connectivity index (χ4v) is 2.56. The van der Waals surface area contributed by atoms with Crippen LogP contribution in [-0.4, -0.2) is 30.4 Å². The van der Waals surface area contributed by atoms with E-state index in [0.717, 1.165) is 16.2 Å². The first kappa shape index (κ1) is 17.8. The summed E-state index contributed by atoms with van der Waals surface area (Å²) >= 11 is 3.39. The molecule has 0 aliphatic rings. The first-order valence-electron chi connectivity index (χ1n) is 7.73. The van der Waals surface area contributed by atoms with Crippen LogP contribution in [0.2, 0.25) is 0 Å². The highest BCUT2D eigenvalue weighted by Crippen LogP contribution is 2.13. The number of anilines is 1. The number of carbonyl (C=O) groups excluding carboxylic acids is 1. The van der Waals surface area contributed by atoms with Crippen molar-refractivity contribution >= 4 is 33.2 Å². The molecule has 0 spiro atoms. The molecule has 2 aromatic heterocycles. The molecule has 0 radical (unpaired) electrons. The Kier molecular flexibility index (Phi) is 5.42. The van der Waals surface area contributed by atoms with Crippen LogP contribution in [0.1, 0.15) is 12.0 Å². The van der Waals surface area contributed by atoms with Crippen molar-refractivity contribution in [3.05, 3.63) is 69.2 Å². The lowest BCUT2D eigenvalue weighted by Crippen LogP contribution is -2.14. The lowest BCUT2D eigenvalue weighted by atomic mass is 10.2. The molecule has 0 bridgehead atoms. The molecule has 1 aromatic carbocycles. The number of hydrogen-bond acceptors (Lipinski definition) is 5. The number of amides is 1. The van der Waals surface area contributed by atoms with Gasteiger partial charge in [0, 0.05) is 23.6 Å². The van der Waals surface area contributed by atoms with Crippen molar-refractivity contribution < 1.29 is 9.72 Å². The van der Waals surface area contributed by atoms with E-state index < -0.39 is 4.92 Å². The summed E-state index contributed by atoms with van der Waals surface area (Å²) in [4.78, 5) is 22.1. The summed E-state index contributed by atoms with van der Waals surface area (Å²) in [6.45, 7) is 0.854. The molecule has 0 fully saturated rings. The van der Waals surface area contributed by atoms with Gasteiger partial charge in [-0.25, -0.2) is 0 Å². The Balaban J connectivity index is 1.50. The molecule has 3 aromatic rings. The Morgan fingerprint density at radius 2 is 1.88 bits per heavy atom. The Morgan fingerprint density at radius 1 is 1.15 bits per heavy atom. The van der Waals surface area contributed by atoms with Crippen LogP contribution in [0.3, 0.4) is 0 Å². The van der Waals surface area contributed by atoms with Gasteiger partial charge >= 0.3 is 5.69 Å². The van der Waals surface area contributed by atoms with Crippen molar-refractivity contribution in [1.82, 2.24) is 19.6 Å². The average molecular weight is 419 g/mol. The van der Waals surface area contributed by atoms with Crippen LogP contribution in [0.15, 0.2) is 53.5 Å². The highest BCUT2D eigenvalue weighted by Gasteiger charge is 2.10. The van der Waals surface area contributed by atoms with E-state index in [0.29, 0.717) is 12.2 Å². The standard InChI is InChI=1S/C16H15BrN6O3/c17-13-3-1-12(2-4-13)9-22-10-14(7-18-22)20-16(24)5-6-21-11-15(8-19-21)23(25)26/h1-4,7-8,10-11H,5-6,9H2,(H,20,24). The van der Waals surface area contributed by atoms with E-state index in [-0.39, 0.29) is 24.6 Å². The normalized spacial score (nSPS) is 10.7. The number of nitro groups is 1. The number of benzene rings is 1. The highest BCUT2D eigenvalue weighted by molar-refractivity contribution is 9.10. The molecule has 134 valence electrons. The van der Waals surface area contributed by atoms with Crippen LogP contribution in [0, 0.1) is 10.1 Å².